The molecule has 0 aliphatic heterocycles. The Morgan fingerprint density at radius 3 is 2.78 bits per heavy atom. The Hall–Kier alpha value is -2.42. The fourth-order valence-electron chi connectivity index (χ4n) is 2.02. The highest BCUT2D eigenvalue weighted by Gasteiger charge is 2.07. The van der Waals surface area contributed by atoms with Gasteiger partial charge in [-0.1, -0.05) is 30.3 Å². The van der Waals surface area contributed by atoms with Gasteiger partial charge in [-0.15, -0.1) is 0 Å². The van der Waals surface area contributed by atoms with Crippen LogP contribution < -0.4 is 5.73 Å². The van der Waals surface area contributed by atoms with E-state index in [-0.39, 0.29) is 5.69 Å². The van der Waals surface area contributed by atoms with E-state index in [1.165, 1.54) is 6.07 Å². The molecule has 0 bridgehead atoms. The molecule has 2 N–H and O–H groups in total. The lowest BCUT2D eigenvalue weighted by Gasteiger charge is -2.07. The Kier molecular flexibility index (Phi) is 2.45. The van der Waals surface area contributed by atoms with E-state index in [4.69, 9.17) is 5.73 Å². The maximum absolute atomic E-state index is 13.4. The standard InChI is InChI=1S/C15H11FN2/c16-13-5-1-4-12(15(13)17)11-7-6-10-3-2-8-18-14(10)9-11/h1-9H,17H2. The Morgan fingerprint density at radius 1 is 1.00 bits per heavy atom. The molecule has 2 nitrogen and oxygen atoms in total. The minimum absolute atomic E-state index is 0.174. The molecule has 3 rings (SSSR count). The number of halogens is 1. The van der Waals surface area contributed by atoms with Crippen LogP contribution in [-0.2, 0) is 0 Å². The number of pyridine rings is 1. The second-order valence-electron chi connectivity index (χ2n) is 4.11. The molecular formula is C15H11FN2. The molecule has 0 aliphatic carbocycles. The van der Waals surface area contributed by atoms with E-state index in [0.29, 0.717) is 5.56 Å². The zero-order valence-electron chi connectivity index (χ0n) is 9.60. The molecule has 3 heteroatoms. The first kappa shape index (κ1) is 10.7. The van der Waals surface area contributed by atoms with Crippen molar-refractivity contribution < 1.29 is 4.39 Å². The van der Waals surface area contributed by atoms with Crippen molar-refractivity contribution in [1.82, 2.24) is 4.98 Å². The van der Waals surface area contributed by atoms with Crippen LogP contribution in [0.5, 0.6) is 0 Å². The molecule has 0 radical (unpaired) electrons. The van der Waals surface area contributed by atoms with Gasteiger partial charge in [-0.05, 0) is 23.8 Å². The molecule has 1 aromatic heterocycles. The molecule has 0 spiro atoms. The van der Waals surface area contributed by atoms with Crippen LogP contribution in [-0.4, -0.2) is 4.98 Å². The molecule has 3 aromatic rings. The minimum Gasteiger partial charge on any atom is -0.396 e. The highest BCUT2D eigenvalue weighted by molar-refractivity contribution is 5.87. The minimum atomic E-state index is -0.395. The molecule has 0 saturated carbocycles. The molecule has 1 heterocycles. The van der Waals surface area contributed by atoms with Gasteiger partial charge in [0.15, 0.2) is 0 Å². The molecule has 0 saturated heterocycles. The van der Waals surface area contributed by atoms with Crippen molar-refractivity contribution in [2.75, 3.05) is 5.73 Å². The number of nitrogen functional groups attached to an aromatic ring is 1. The van der Waals surface area contributed by atoms with Gasteiger partial charge in [0.05, 0.1) is 11.2 Å². The van der Waals surface area contributed by atoms with Crippen LogP contribution in [0.25, 0.3) is 22.0 Å². The summed E-state index contributed by atoms with van der Waals surface area (Å²) in [6.45, 7) is 0. The van der Waals surface area contributed by atoms with Crippen LogP contribution in [0.15, 0.2) is 54.7 Å². The summed E-state index contributed by atoms with van der Waals surface area (Å²) in [5, 5.41) is 1.05. The number of hydrogen-bond donors (Lipinski definition) is 1. The third kappa shape index (κ3) is 1.70. The number of anilines is 1. The van der Waals surface area contributed by atoms with Gasteiger partial charge in [-0.25, -0.2) is 4.39 Å². The summed E-state index contributed by atoms with van der Waals surface area (Å²) < 4.78 is 13.4. The summed E-state index contributed by atoms with van der Waals surface area (Å²) in [4.78, 5) is 4.28. The quantitative estimate of drug-likeness (QED) is 0.657. The van der Waals surface area contributed by atoms with Gasteiger partial charge >= 0.3 is 0 Å². The number of nitrogens with zero attached hydrogens (tertiary/aromatic N) is 1. The van der Waals surface area contributed by atoms with Gasteiger partial charge in [0.1, 0.15) is 5.82 Å². The zero-order chi connectivity index (χ0) is 12.5. The third-order valence-corrected chi connectivity index (χ3v) is 2.97. The maximum Gasteiger partial charge on any atom is 0.146 e. The predicted molar refractivity (Wildman–Crippen MR) is 71.5 cm³/mol. The van der Waals surface area contributed by atoms with Crippen molar-refractivity contribution >= 4 is 16.6 Å². The smallest absolute Gasteiger partial charge is 0.146 e. The van der Waals surface area contributed by atoms with Crippen LogP contribution in [0, 0.1) is 5.82 Å². The molecule has 0 unspecified atom stereocenters. The number of para-hydroxylation sites is 1. The third-order valence-electron chi connectivity index (χ3n) is 2.97. The molecule has 18 heavy (non-hydrogen) atoms. The summed E-state index contributed by atoms with van der Waals surface area (Å²) in [6.07, 6.45) is 1.74. The number of fused-ring (bicyclic) bond motifs is 1. The normalized spacial score (nSPS) is 10.7. The maximum atomic E-state index is 13.4. The summed E-state index contributed by atoms with van der Waals surface area (Å²) in [6, 6.07) is 14.5. The summed E-state index contributed by atoms with van der Waals surface area (Å²) >= 11 is 0. The van der Waals surface area contributed by atoms with Gasteiger partial charge in [0.2, 0.25) is 0 Å². The first-order valence-corrected chi connectivity index (χ1v) is 5.65. The lowest BCUT2D eigenvalue weighted by Crippen LogP contribution is -1.94. The molecule has 0 amide bonds. The fourth-order valence-corrected chi connectivity index (χ4v) is 2.02. The molecule has 2 aromatic carbocycles. The molecular weight excluding hydrogens is 227 g/mol. The number of benzene rings is 2. The van der Waals surface area contributed by atoms with E-state index < -0.39 is 5.82 Å². The first-order chi connectivity index (χ1) is 8.75. The average molecular weight is 238 g/mol. The predicted octanol–water partition coefficient (Wildman–Crippen LogP) is 3.62. The molecule has 0 atom stereocenters. The summed E-state index contributed by atoms with van der Waals surface area (Å²) in [5.41, 5.74) is 8.38. The Balaban J connectivity index is 2.22. The second kappa shape index (κ2) is 4.11. The SMILES string of the molecule is Nc1c(F)cccc1-c1ccc2cccnc2c1. The lowest BCUT2D eigenvalue weighted by atomic mass is 10.0. The van der Waals surface area contributed by atoms with E-state index in [2.05, 4.69) is 4.98 Å². The Morgan fingerprint density at radius 2 is 1.89 bits per heavy atom. The van der Waals surface area contributed by atoms with E-state index in [0.717, 1.165) is 16.5 Å². The topological polar surface area (TPSA) is 38.9 Å². The van der Waals surface area contributed by atoms with E-state index in [9.17, 15) is 4.39 Å². The van der Waals surface area contributed by atoms with Crippen molar-refractivity contribution in [2.45, 2.75) is 0 Å². The highest BCUT2D eigenvalue weighted by Crippen LogP contribution is 2.29. The Bertz CT molecular complexity index is 723. The lowest BCUT2D eigenvalue weighted by molar-refractivity contribution is 0.633. The number of hydrogen-bond acceptors (Lipinski definition) is 2. The number of rotatable bonds is 1. The van der Waals surface area contributed by atoms with Crippen molar-refractivity contribution in [3.63, 3.8) is 0 Å². The van der Waals surface area contributed by atoms with Gasteiger partial charge in [0.25, 0.3) is 0 Å². The van der Waals surface area contributed by atoms with Gasteiger partial charge in [-0.2, -0.15) is 0 Å². The monoisotopic (exact) mass is 238 g/mol. The van der Waals surface area contributed by atoms with Gasteiger partial charge < -0.3 is 5.73 Å². The molecule has 0 aliphatic rings. The van der Waals surface area contributed by atoms with Crippen LogP contribution >= 0.6 is 0 Å². The largest absolute Gasteiger partial charge is 0.396 e. The average Bonchev–Trinajstić information content (AvgIpc) is 2.41. The van der Waals surface area contributed by atoms with Crippen LogP contribution in [0.2, 0.25) is 0 Å². The van der Waals surface area contributed by atoms with Gasteiger partial charge in [0, 0.05) is 17.1 Å². The highest BCUT2D eigenvalue weighted by atomic mass is 19.1. The Labute approximate surface area is 104 Å². The zero-order valence-corrected chi connectivity index (χ0v) is 9.60. The molecule has 88 valence electrons. The summed E-state index contributed by atoms with van der Waals surface area (Å²) in [5.74, 6) is -0.395. The first-order valence-electron chi connectivity index (χ1n) is 5.65. The van der Waals surface area contributed by atoms with E-state index in [1.54, 1.807) is 12.3 Å². The summed E-state index contributed by atoms with van der Waals surface area (Å²) in [7, 11) is 0. The number of nitrogens with two attached hydrogens (primary N) is 1. The molecule has 0 fully saturated rings. The van der Waals surface area contributed by atoms with E-state index >= 15 is 0 Å². The van der Waals surface area contributed by atoms with Crippen molar-refractivity contribution in [3.8, 4) is 11.1 Å². The van der Waals surface area contributed by atoms with Crippen molar-refractivity contribution in [3.05, 3.63) is 60.5 Å². The van der Waals surface area contributed by atoms with Crippen LogP contribution in [0.3, 0.4) is 0 Å². The van der Waals surface area contributed by atoms with Gasteiger partial charge in [-0.3, -0.25) is 4.98 Å². The van der Waals surface area contributed by atoms with Crippen LogP contribution in [0.4, 0.5) is 10.1 Å². The number of aromatic nitrogens is 1. The van der Waals surface area contributed by atoms with Crippen molar-refractivity contribution in [2.24, 2.45) is 0 Å². The van der Waals surface area contributed by atoms with E-state index in [1.807, 2.05) is 36.4 Å². The fraction of sp³-hybridized carbons (Fsp3) is 0. The van der Waals surface area contributed by atoms with Crippen LogP contribution in [0.1, 0.15) is 0 Å². The second-order valence-corrected chi connectivity index (χ2v) is 4.11. The van der Waals surface area contributed by atoms with Crippen molar-refractivity contribution in [1.29, 1.82) is 0 Å².